The highest BCUT2D eigenvalue weighted by Crippen LogP contribution is 2.35. The van der Waals surface area contributed by atoms with Gasteiger partial charge >= 0.3 is 0 Å². The molecule has 0 amide bonds. The lowest BCUT2D eigenvalue weighted by molar-refractivity contribution is 0.623. The van der Waals surface area contributed by atoms with Crippen LogP contribution in [0.15, 0.2) is 18.7 Å². The molecule has 0 bridgehead atoms. The monoisotopic (exact) mass is 248 g/mol. The van der Waals surface area contributed by atoms with Crippen molar-refractivity contribution in [3.8, 4) is 0 Å². The van der Waals surface area contributed by atoms with E-state index >= 15 is 0 Å². The summed E-state index contributed by atoms with van der Waals surface area (Å²) in [6.07, 6.45) is 8.47. The third kappa shape index (κ3) is 2.56. The smallest absolute Gasteiger partial charge is 0.0951 e. The number of hydrogen-bond acceptors (Lipinski definition) is 4. The molecule has 1 aliphatic rings. The Morgan fingerprint density at radius 1 is 1.41 bits per heavy atom. The molecule has 0 saturated heterocycles. The summed E-state index contributed by atoms with van der Waals surface area (Å²) in [5, 5.41) is 4.58. The van der Waals surface area contributed by atoms with Gasteiger partial charge in [0.05, 0.1) is 17.0 Å². The second kappa shape index (κ2) is 4.58. The molecule has 5 heteroatoms. The van der Waals surface area contributed by atoms with Crippen molar-refractivity contribution in [3.63, 3.8) is 0 Å². The molecule has 1 aliphatic carbocycles. The molecule has 1 N–H and O–H groups in total. The normalized spacial score (nSPS) is 15.4. The number of nitrogens with one attached hydrogen (secondary N) is 1. The largest absolute Gasteiger partial charge is 0.330 e. The minimum absolute atomic E-state index is 0.708. The predicted molar refractivity (Wildman–Crippen MR) is 67.9 cm³/mol. The SMILES string of the molecule is Cc1ncc(CNCc2cncn2C2CC2)s1. The van der Waals surface area contributed by atoms with Gasteiger partial charge in [-0.1, -0.05) is 0 Å². The Morgan fingerprint density at radius 2 is 2.29 bits per heavy atom. The Bertz CT molecular complexity index is 498. The Kier molecular flexibility index (Phi) is 2.94. The van der Waals surface area contributed by atoms with Crippen LogP contribution in [0.25, 0.3) is 0 Å². The van der Waals surface area contributed by atoms with E-state index in [9.17, 15) is 0 Å². The average Bonchev–Trinajstić information content (AvgIpc) is 2.92. The van der Waals surface area contributed by atoms with Crippen molar-refractivity contribution in [1.82, 2.24) is 19.9 Å². The first-order valence-electron chi connectivity index (χ1n) is 5.95. The minimum Gasteiger partial charge on any atom is -0.330 e. The Morgan fingerprint density at radius 3 is 3.00 bits per heavy atom. The summed E-state index contributed by atoms with van der Waals surface area (Å²) in [4.78, 5) is 9.77. The van der Waals surface area contributed by atoms with Gasteiger partial charge in [-0.25, -0.2) is 9.97 Å². The molecule has 0 atom stereocenters. The molecule has 90 valence electrons. The number of aromatic nitrogens is 3. The van der Waals surface area contributed by atoms with E-state index in [1.165, 1.54) is 23.4 Å². The number of aryl methyl sites for hydroxylation is 1. The van der Waals surface area contributed by atoms with E-state index in [1.807, 2.05) is 25.6 Å². The Balaban J connectivity index is 1.55. The van der Waals surface area contributed by atoms with Crippen LogP contribution in [0, 0.1) is 6.92 Å². The number of rotatable bonds is 5. The molecule has 0 aromatic carbocycles. The molecule has 17 heavy (non-hydrogen) atoms. The van der Waals surface area contributed by atoms with E-state index in [4.69, 9.17) is 0 Å². The van der Waals surface area contributed by atoms with Gasteiger partial charge in [0.25, 0.3) is 0 Å². The Labute approximate surface area is 105 Å². The maximum atomic E-state index is 4.25. The van der Waals surface area contributed by atoms with Gasteiger partial charge in [-0.05, 0) is 19.8 Å². The first-order chi connectivity index (χ1) is 8.33. The molecule has 2 aromatic heterocycles. The van der Waals surface area contributed by atoms with Gasteiger partial charge in [0.1, 0.15) is 0 Å². The van der Waals surface area contributed by atoms with Crippen molar-refractivity contribution >= 4 is 11.3 Å². The predicted octanol–water partition coefficient (Wildman–Crippen LogP) is 2.27. The van der Waals surface area contributed by atoms with Crippen LogP contribution < -0.4 is 5.32 Å². The first-order valence-corrected chi connectivity index (χ1v) is 6.77. The molecular formula is C12H16N4S. The minimum atomic E-state index is 0.708. The van der Waals surface area contributed by atoms with E-state index in [0.29, 0.717) is 6.04 Å². The van der Waals surface area contributed by atoms with Gasteiger partial charge in [-0.15, -0.1) is 11.3 Å². The first kappa shape index (κ1) is 10.9. The number of imidazole rings is 1. The zero-order chi connectivity index (χ0) is 11.7. The van der Waals surface area contributed by atoms with Crippen LogP contribution in [-0.2, 0) is 13.1 Å². The molecule has 0 aliphatic heterocycles. The fraction of sp³-hybridized carbons (Fsp3) is 0.500. The van der Waals surface area contributed by atoms with Crippen LogP contribution >= 0.6 is 11.3 Å². The van der Waals surface area contributed by atoms with E-state index in [-0.39, 0.29) is 0 Å². The molecule has 1 saturated carbocycles. The van der Waals surface area contributed by atoms with E-state index in [2.05, 4.69) is 19.9 Å². The third-order valence-electron chi connectivity index (χ3n) is 2.96. The van der Waals surface area contributed by atoms with E-state index in [0.717, 1.165) is 18.1 Å². The second-order valence-electron chi connectivity index (χ2n) is 4.47. The van der Waals surface area contributed by atoms with Crippen LogP contribution in [0.4, 0.5) is 0 Å². The quantitative estimate of drug-likeness (QED) is 0.882. The summed E-state index contributed by atoms with van der Waals surface area (Å²) < 4.78 is 2.30. The van der Waals surface area contributed by atoms with Gasteiger partial charge in [-0.3, -0.25) is 0 Å². The number of nitrogens with zero attached hydrogens (tertiary/aromatic N) is 3. The van der Waals surface area contributed by atoms with Crippen LogP contribution in [-0.4, -0.2) is 14.5 Å². The standard InChI is InChI=1S/C12H16N4S/c1-9-15-7-12(17-9)6-13-4-11-5-14-8-16(11)10-2-3-10/h5,7-8,10,13H,2-4,6H2,1H3. The van der Waals surface area contributed by atoms with Crippen molar-refractivity contribution < 1.29 is 0 Å². The summed E-state index contributed by atoms with van der Waals surface area (Å²) >= 11 is 1.75. The summed E-state index contributed by atoms with van der Waals surface area (Å²) in [6, 6.07) is 0.708. The van der Waals surface area contributed by atoms with Crippen molar-refractivity contribution in [2.75, 3.05) is 0 Å². The zero-order valence-corrected chi connectivity index (χ0v) is 10.7. The van der Waals surface area contributed by atoms with Crippen molar-refractivity contribution in [3.05, 3.63) is 34.3 Å². The van der Waals surface area contributed by atoms with E-state index < -0.39 is 0 Å². The van der Waals surface area contributed by atoms with Crippen LogP contribution in [0.2, 0.25) is 0 Å². The molecule has 4 nitrogen and oxygen atoms in total. The molecule has 3 rings (SSSR count). The van der Waals surface area contributed by atoms with Crippen molar-refractivity contribution in [1.29, 1.82) is 0 Å². The second-order valence-corrected chi connectivity index (χ2v) is 5.79. The lowest BCUT2D eigenvalue weighted by Crippen LogP contribution is -2.14. The van der Waals surface area contributed by atoms with Gasteiger partial charge in [-0.2, -0.15) is 0 Å². The molecule has 0 radical (unpaired) electrons. The highest BCUT2D eigenvalue weighted by molar-refractivity contribution is 7.11. The summed E-state index contributed by atoms with van der Waals surface area (Å²) in [6.45, 7) is 3.81. The fourth-order valence-electron chi connectivity index (χ4n) is 1.95. The Hall–Kier alpha value is -1.20. The average molecular weight is 248 g/mol. The highest BCUT2D eigenvalue weighted by atomic mass is 32.1. The molecule has 0 spiro atoms. The van der Waals surface area contributed by atoms with Gasteiger partial charge in [0, 0.05) is 36.4 Å². The third-order valence-corrected chi connectivity index (χ3v) is 3.87. The molecule has 2 aromatic rings. The summed E-state index contributed by atoms with van der Waals surface area (Å²) in [7, 11) is 0. The van der Waals surface area contributed by atoms with Crippen LogP contribution in [0.3, 0.4) is 0 Å². The summed E-state index contributed by atoms with van der Waals surface area (Å²) in [5.41, 5.74) is 1.29. The lowest BCUT2D eigenvalue weighted by Gasteiger charge is -2.06. The topological polar surface area (TPSA) is 42.7 Å². The number of thiazole rings is 1. The van der Waals surface area contributed by atoms with E-state index in [1.54, 1.807) is 11.3 Å². The van der Waals surface area contributed by atoms with Gasteiger partial charge < -0.3 is 9.88 Å². The number of hydrogen-bond donors (Lipinski definition) is 1. The maximum Gasteiger partial charge on any atom is 0.0951 e. The highest BCUT2D eigenvalue weighted by Gasteiger charge is 2.24. The lowest BCUT2D eigenvalue weighted by atomic mass is 10.4. The van der Waals surface area contributed by atoms with Crippen LogP contribution in [0.1, 0.15) is 34.5 Å². The molecule has 0 unspecified atom stereocenters. The van der Waals surface area contributed by atoms with Gasteiger partial charge in [0.2, 0.25) is 0 Å². The van der Waals surface area contributed by atoms with Crippen molar-refractivity contribution in [2.45, 2.75) is 38.9 Å². The maximum absolute atomic E-state index is 4.25. The van der Waals surface area contributed by atoms with Crippen molar-refractivity contribution in [2.24, 2.45) is 0 Å². The molecular weight excluding hydrogens is 232 g/mol. The summed E-state index contributed by atoms with van der Waals surface area (Å²) in [5.74, 6) is 0. The van der Waals surface area contributed by atoms with Gasteiger partial charge in [0.15, 0.2) is 0 Å². The van der Waals surface area contributed by atoms with Crippen LogP contribution in [0.5, 0.6) is 0 Å². The zero-order valence-electron chi connectivity index (χ0n) is 9.89. The molecule has 1 fully saturated rings. The fourth-order valence-corrected chi connectivity index (χ4v) is 2.72. The molecule has 2 heterocycles.